The minimum Gasteiger partial charge on any atom is -0.312 e. The van der Waals surface area contributed by atoms with Gasteiger partial charge < -0.3 is 15.1 Å². The molecule has 1 heterocycles. The summed E-state index contributed by atoms with van der Waals surface area (Å²) in [4.78, 5) is 4.95. The minimum atomic E-state index is 0.646. The van der Waals surface area contributed by atoms with Crippen molar-refractivity contribution in [1.82, 2.24) is 15.1 Å². The maximum Gasteiger partial charge on any atom is 0.0991 e. The van der Waals surface area contributed by atoms with E-state index in [2.05, 4.69) is 41.2 Å². The monoisotopic (exact) mass is 286 g/mol. The van der Waals surface area contributed by atoms with Gasteiger partial charge in [0.05, 0.1) is 11.6 Å². The first-order valence-corrected chi connectivity index (χ1v) is 7.78. The molecule has 1 saturated heterocycles. The summed E-state index contributed by atoms with van der Waals surface area (Å²) >= 11 is 0. The van der Waals surface area contributed by atoms with Crippen LogP contribution in [0.3, 0.4) is 0 Å². The molecule has 1 aromatic carbocycles. The average molecular weight is 286 g/mol. The second kappa shape index (κ2) is 8.14. The molecule has 21 heavy (non-hydrogen) atoms. The number of nitrogens with zero attached hydrogens (tertiary/aromatic N) is 3. The van der Waals surface area contributed by atoms with Crippen LogP contribution >= 0.6 is 0 Å². The molecule has 114 valence electrons. The third kappa shape index (κ3) is 5.47. The smallest absolute Gasteiger partial charge is 0.0991 e. The molecule has 0 amide bonds. The minimum absolute atomic E-state index is 0.646. The Bertz CT molecular complexity index is 472. The molecule has 1 atom stereocenters. The van der Waals surface area contributed by atoms with Crippen molar-refractivity contribution in [3.05, 3.63) is 35.4 Å². The Morgan fingerprint density at radius 3 is 2.76 bits per heavy atom. The zero-order valence-electron chi connectivity index (χ0n) is 13.2. The predicted octanol–water partition coefficient (Wildman–Crippen LogP) is 1.53. The van der Waals surface area contributed by atoms with Gasteiger partial charge in [0.15, 0.2) is 0 Å². The maximum absolute atomic E-state index is 8.90. The summed E-state index contributed by atoms with van der Waals surface area (Å²) < 4.78 is 0. The largest absolute Gasteiger partial charge is 0.312 e. The van der Waals surface area contributed by atoms with Crippen LogP contribution in [-0.2, 0) is 6.54 Å². The topological polar surface area (TPSA) is 42.3 Å². The van der Waals surface area contributed by atoms with Gasteiger partial charge >= 0.3 is 0 Å². The van der Waals surface area contributed by atoms with Gasteiger partial charge in [-0.1, -0.05) is 19.1 Å². The van der Waals surface area contributed by atoms with Gasteiger partial charge in [-0.3, -0.25) is 0 Å². The van der Waals surface area contributed by atoms with Crippen molar-refractivity contribution < 1.29 is 0 Å². The summed E-state index contributed by atoms with van der Waals surface area (Å²) in [6.45, 7) is 10.1. The first-order valence-electron chi connectivity index (χ1n) is 7.78. The van der Waals surface area contributed by atoms with Crippen LogP contribution in [0.2, 0.25) is 0 Å². The van der Waals surface area contributed by atoms with Crippen LogP contribution < -0.4 is 5.32 Å². The molecule has 1 fully saturated rings. The van der Waals surface area contributed by atoms with Gasteiger partial charge in [0.2, 0.25) is 0 Å². The van der Waals surface area contributed by atoms with Crippen LogP contribution in [-0.4, -0.2) is 56.1 Å². The summed E-state index contributed by atoms with van der Waals surface area (Å²) in [5.74, 6) is 0.646. The van der Waals surface area contributed by atoms with Crippen molar-refractivity contribution in [2.75, 3.05) is 46.3 Å². The van der Waals surface area contributed by atoms with E-state index >= 15 is 0 Å². The van der Waals surface area contributed by atoms with Crippen molar-refractivity contribution >= 4 is 0 Å². The molecule has 1 unspecified atom stereocenters. The van der Waals surface area contributed by atoms with Crippen LogP contribution in [0.1, 0.15) is 18.1 Å². The Morgan fingerprint density at radius 2 is 2.05 bits per heavy atom. The number of hydrogen-bond donors (Lipinski definition) is 1. The van der Waals surface area contributed by atoms with Crippen molar-refractivity contribution in [3.63, 3.8) is 0 Å². The number of nitrogens with one attached hydrogen (secondary N) is 1. The van der Waals surface area contributed by atoms with Gasteiger partial charge in [0.25, 0.3) is 0 Å². The number of benzene rings is 1. The molecule has 1 aliphatic heterocycles. The van der Waals surface area contributed by atoms with E-state index in [-0.39, 0.29) is 0 Å². The number of nitriles is 1. The molecule has 0 saturated carbocycles. The third-order valence-corrected chi connectivity index (χ3v) is 4.04. The van der Waals surface area contributed by atoms with E-state index < -0.39 is 0 Å². The van der Waals surface area contributed by atoms with E-state index in [1.54, 1.807) is 0 Å². The molecule has 0 aliphatic carbocycles. The van der Waals surface area contributed by atoms with Crippen LogP contribution in [0.15, 0.2) is 24.3 Å². The molecular weight excluding hydrogens is 260 g/mol. The summed E-state index contributed by atoms with van der Waals surface area (Å²) in [5.41, 5.74) is 1.92. The van der Waals surface area contributed by atoms with Gasteiger partial charge in [-0.25, -0.2) is 0 Å². The lowest BCUT2D eigenvalue weighted by Crippen LogP contribution is -2.46. The van der Waals surface area contributed by atoms with Crippen LogP contribution in [0.4, 0.5) is 0 Å². The normalized spacial score (nSPS) is 18.3. The first-order chi connectivity index (χ1) is 10.2. The average Bonchev–Trinajstić information content (AvgIpc) is 2.50. The maximum atomic E-state index is 8.90. The summed E-state index contributed by atoms with van der Waals surface area (Å²) in [7, 11) is 2.19. The lowest BCUT2D eigenvalue weighted by molar-refractivity contribution is 0.138. The van der Waals surface area contributed by atoms with Gasteiger partial charge in [0, 0.05) is 39.3 Å². The SMILES string of the molecule is CC(CNCc1cccc(C#N)c1)CN1CCN(C)CC1. The molecule has 4 heteroatoms. The van der Waals surface area contributed by atoms with E-state index in [0.717, 1.165) is 18.7 Å². The Balaban J connectivity index is 1.67. The van der Waals surface area contributed by atoms with Crippen LogP contribution in [0.25, 0.3) is 0 Å². The number of piperazine rings is 1. The second-order valence-corrected chi connectivity index (χ2v) is 6.15. The highest BCUT2D eigenvalue weighted by Crippen LogP contribution is 2.06. The zero-order chi connectivity index (χ0) is 15.1. The van der Waals surface area contributed by atoms with Crippen LogP contribution in [0, 0.1) is 17.2 Å². The molecule has 0 bridgehead atoms. The summed E-state index contributed by atoms with van der Waals surface area (Å²) in [5, 5.41) is 12.4. The molecule has 0 spiro atoms. The summed E-state index contributed by atoms with van der Waals surface area (Å²) in [6, 6.07) is 10.0. The fraction of sp³-hybridized carbons (Fsp3) is 0.588. The molecule has 4 nitrogen and oxygen atoms in total. The Kier molecular flexibility index (Phi) is 6.19. The molecular formula is C17H26N4. The lowest BCUT2D eigenvalue weighted by Gasteiger charge is -2.34. The first kappa shape index (κ1) is 16.0. The number of likely N-dealkylation sites (N-methyl/N-ethyl adjacent to an activating group) is 1. The van der Waals surface area contributed by atoms with Crippen LogP contribution in [0.5, 0.6) is 0 Å². The zero-order valence-corrected chi connectivity index (χ0v) is 13.2. The predicted molar refractivity (Wildman–Crippen MR) is 86.0 cm³/mol. The molecule has 0 radical (unpaired) electrons. The van der Waals surface area contributed by atoms with Crippen molar-refractivity contribution in [1.29, 1.82) is 5.26 Å². The highest BCUT2D eigenvalue weighted by molar-refractivity contribution is 5.32. The lowest BCUT2D eigenvalue weighted by atomic mass is 10.1. The van der Waals surface area contributed by atoms with Gasteiger partial charge in [-0.2, -0.15) is 5.26 Å². The fourth-order valence-corrected chi connectivity index (χ4v) is 2.75. The molecule has 1 N–H and O–H groups in total. The van der Waals surface area contributed by atoms with E-state index in [1.165, 1.54) is 38.3 Å². The van der Waals surface area contributed by atoms with Gasteiger partial charge in [0.1, 0.15) is 0 Å². The van der Waals surface area contributed by atoms with E-state index in [4.69, 9.17) is 5.26 Å². The third-order valence-electron chi connectivity index (χ3n) is 4.04. The molecule has 2 rings (SSSR count). The van der Waals surface area contributed by atoms with Gasteiger partial charge in [-0.15, -0.1) is 0 Å². The number of rotatable bonds is 6. The number of hydrogen-bond acceptors (Lipinski definition) is 4. The van der Waals surface area contributed by atoms with E-state index in [1.807, 2.05) is 18.2 Å². The fourth-order valence-electron chi connectivity index (χ4n) is 2.75. The van der Waals surface area contributed by atoms with Crippen molar-refractivity contribution in [2.24, 2.45) is 5.92 Å². The Morgan fingerprint density at radius 1 is 1.29 bits per heavy atom. The Hall–Kier alpha value is -1.41. The van der Waals surface area contributed by atoms with Crippen molar-refractivity contribution in [2.45, 2.75) is 13.5 Å². The molecule has 1 aliphatic rings. The van der Waals surface area contributed by atoms with Crippen molar-refractivity contribution in [3.8, 4) is 6.07 Å². The molecule has 0 aromatic heterocycles. The highest BCUT2D eigenvalue weighted by Gasteiger charge is 2.15. The van der Waals surface area contributed by atoms with Gasteiger partial charge in [-0.05, 0) is 37.2 Å². The second-order valence-electron chi connectivity index (χ2n) is 6.15. The standard InChI is InChI=1S/C17H26N4/c1-15(14-21-8-6-20(2)7-9-21)12-19-13-17-5-3-4-16(10-17)11-18/h3-5,10,15,19H,6-9,12-14H2,1-2H3. The van der Waals surface area contributed by atoms with E-state index in [9.17, 15) is 0 Å². The summed E-state index contributed by atoms with van der Waals surface area (Å²) in [6.07, 6.45) is 0. The Labute approximate surface area is 128 Å². The quantitative estimate of drug-likeness (QED) is 0.861. The van der Waals surface area contributed by atoms with E-state index in [0.29, 0.717) is 5.92 Å². The molecule has 1 aromatic rings. The highest BCUT2D eigenvalue weighted by atomic mass is 15.2.